The molecule has 3 heterocycles. The number of aliphatic imine (C=N–C) groups is 1. The summed E-state index contributed by atoms with van der Waals surface area (Å²) >= 11 is 6.10. The molecule has 0 aromatic carbocycles. The molecule has 1 aliphatic heterocycles. The SMILES string of the molecule is CN=C(NCc1cccnc1N1CCC(C(N)=O)CC1)N(C)Cc1cc(Cl)cn1C. The van der Waals surface area contributed by atoms with Gasteiger partial charge in [-0.3, -0.25) is 9.79 Å². The Hall–Kier alpha value is -2.74. The fourth-order valence-electron chi connectivity index (χ4n) is 3.83. The molecule has 3 rings (SSSR count). The van der Waals surface area contributed by atoms with Crippen LogP contribution in [0.25, 0.3) is 0 Å². The standard InChI is InChI=1S/C21H30ClN7O/c1-24-21(28(3)14-18-11-17(22)13-27(18)2)26-12-16-5-4-8-25-20(16)29-9-6-15(7-10-29)19(23)30/h4-5,8,11,13,15H,6-7,9-10,12,14H2,1-3H3,(H2,23,30)(H,24,26). The highest BCUT2D eigenvalue weighted by Crippen LogP contribution is 2.24. The van der Waals surface area contributed by atoms with E-state index in [-0.39, 0.29) is 11.8 Å². The molecule has 0 radical (unpaired) electrons. The second kappa shape index (κ2) is 9.84. The van der Waals surface area contributed by atoms with E-state index >= 15 is 0 Å². The summed E-state index contributed by atoms with van der Waals surface area (Å²) < 4.78 is 2.01. The number of halogens is 1. The van der Waals surface area contributed by atoms with Crippen LogP contribution in [0.15, 0.2) is 35.6 Å². The largest absolute Gasteiger partial charge is 0.369 e. The molecular formula is C21H30ClN7O. The van der Waals surface area contributed by atoms with E-state index < -0.39 is 0 Å². The van der Waals surface area contributed by atoms with Gasteiger partial charge in [-0.2, -0.15) is 0 Å². The molecule has 9 heteroatoms. The van der Waals surface area contributed by atoms with Crippen LogP contribution in [0.3, 0.4) is 0 Å². The lowest BCUT2D eigenvalue weighted by Crippen LogP contribution is -2.40. The number of pyridine rings is 1. The zero-order valence-electron chi connectivity index (χ0n) is 17.8. The van der Waals surface area contributed by atoms with Crippen LogP contribution in [0.4, 0.5) is 5.82 Å². The van der Waals surface area contributed by atoms with Crippen molar-refractivity contribution in [1.82, 2.24) is 19.8 Å². The van der Waals surface area contributed by atoms with Crippen molar-refractivity contribution in [3.05, 3.63) is 46.9 Å². The van der Waals surface area contributed by atoms with Crippen LogP contribution in [0.2, 0.25) is 5.02 Å². The topological polar surface area (TPSA) is 91.8 Å². The van der Waals surface area contributed by atoms with Gasteiger partial charge in [-0.1, -0.05) is 17.7 Å². The maximum atomic E-state index is 11.4. The number of primary amides is 1. The first kappa shape index (κ1) is 22.0. The number of rotatable bonds is 6. The van der Waals surface area contributed by atoms with Gasteiger partial charge < -0.3 is 25.4 Å². The van der Waals surface area contributed by atoms with Crippen molar-refractivity contribution in [2.45, 2.75) is 25.9 Å². The third kappa shape index (κ3) is 5.24. The smallest absolute Gasteiger partial charge is 0.220 e. The van der Waals surface area contributed by atoms with E-state index in [1.807, 2.05) is 37.0 Å². The Balaban J connectivity index is 1.63. The molecule has 1 amide bonds. The van der Waals surface area contributed by atoms with Crippen molar-refractivity contribution >= 4 is 29.3 Å². The van der Waals surface area contributed by atoms with Gasteiger partial charge in [-0.05, 0) is 25.0 Å². The van der Waals surface area contributed by atoms with E-state index in [9.17, 15) is 4.79 Å². The molecule has 0 spiro atoms. The first-order valence-electron chi connectivity index (χ1n) is 10.1. The molecule has 1 fully saturated rings. The molecule has 0 aliphatic carbocycles. The maximum absolute atomic E-state index is 11.4. The highest BCUT2D eigenvalue weighted by atomic mass is 35.5. The normalized spacial score (nSPS) is 15.3. The molecule has 8 nitrogen and oxygen atoms in total. The van der Waals surface area contributed by atoms with E-state index in [2.05, 4.69) is 31.2 Å². The number of piperidine rings is 1. The predicted molar refractivity (Wildman–Crippen MR) is 120 cm³/mol. The second-order valence-corrected chi connectivity index (χ2v) is 8.10. The minimum atomic E-state index is -0.205. The number of aromatic nitrogens is 2. The Bertz CT molecular complexity index is 903. The second-order valence-electron chi connectivity index (χ2n) is 7.67. The summed E-state index contributed by atoms with van der Waals surface area (Å²) in [5.41, 5.74) is 7.65. The van der Waals surface area contributed by atoms with Crippen LogP contribution in [0.5, 0.6) is 0 Å². The van der Waals surface area contributed by atoms with Crippen LogP contribution in [0, 0.1) is 5.92 Å². The first-order valence-corrected chi connectivity index (χ1v) is 10.5. The van der Waals surface area contributed by atoms with Crippen molar-refractivity contribution in [3.63, 3.8) is 0 Å². The molecule has 1 aliphatic rings. The number of amides is 1. The van der Waals surface area contributed by atoms with Crippen LogP contribution in [-0.4, -0.2) is 53.5 Å². The number of aryl methyl sites for hydroxylation is 1. The number of nitrogens with two attached hydrogens (primary N) is 1. The summed E-state index contributed by atoms with van der Waals surface area (Å²) in [5.74, 6) is 1.49. The van der Waals surface area contributed by atoms with Crippen molar-refractivity contribution < 1.29 is 4.79 Å². The number of nitrogens with one attached hydrogen (secondary N) is 1. The molecular weight excluding hydrogens is 402 g/mol. The van der Waals surface area contributed by atoms with E-state index in [0.29, 0.717) is 13.1 Å². The molecule has 0 unspecified atom stereocenters. The highest BCUT2D eigenvalue weighted by Gasteiger charge is 2.25. The zero-order chi connectivity index (χ0) is 21.7. The average Bonchev–Trinajstić information content (AvgIpc) is 3.05. The molecule has 3 N–H and O–H groups in total. The summed E-state index contributed by atoms with van der Waals surface area (Å²) in [4.78, 5) is 24.7. The Kier molecular flexibility index (Phi) is 7.20. The van der Waals surface area contributed by atoms with E-state index in [1.165, 1.54) is 0 Å². The minimum Gasteiger partial charge on any atom is -0.369 e. The van der Waals surface area contributed by atoms with Crippen molar-refractivity contribution in [1.29, 1.82) is 0 Å². The number of guanidine groups is 1. The van der Waals surface area contributed by atoms with Gasteiger partial charge in [0.2, 0.25) is 5.91 Å². The highest BCUT2D eigenvalue weighted by molar-refractivity contribution is 6.30. The Labute approximate surface area is 182 Å². The number of hydrogen-bond acceptors (Lipinski definition) is 4. The van der Waals surface area contributed by atoms with Crippen LogP contribution >= 0.6 is 11.6 Å². The van der Waals surface area contributed by atoms with Gasteiger partial charge in [0.1, 0.15) is 5.82 Å². The Morgan fingerprint density at radius 1 is 1.43 bits per heavy atom. The number of anilines is 1. The third-order valence-electron chi connectivity index (χ3n) is 5.55. The van der Waals surface area contributed by atoms with Crippen LogP contribution in [-0.2, 0) is 24.9 Å². The number of carbonyl (C=O) groups excluding carboxylic acids is 1. The van der Waals surface area contributed by atoms with Gasteiger partial charge in [0.05, 0.1) is 11.6 Å². The summed E-state index contributed by atoms with van der Waals surface area (Å²) in [6, 6.07) is 5.97. The third-order valence-corrected chi connectivity index (χ3v) is 5.76. The first-order chi connectivity index (χ1) is 14.4. The van der Waals surface area contributed by atoms with Gasteiger partial charge in [-0.25, -0.2) is 4.98 Å². The summed E-state index contributed by atoms with van der Waals surface area (Å²) in [6.45, 7) is 2.84. The van der Waals surface area contributed by atoms with Gasteiger partial charge in [0.15, 0.2) is 5.96 Å². The quantitative estimate of drug-likeness (QED) is 0.539. The van der Waals surface area contributed by atoms with Crippen LogP contribution in [0.1, 0.15) is 24.1 Å². The fraction of sp³-hybridized carbons (Fsp3) is 0.476. The number of hydrogen-bond donors (Lipinski definition) is 2. The van der Waals surface area contributed by atoms with E-state index in [4.69, 9.17) is 17.3 Å². The lowest BCUT2D eigenvalue weighted by Gasteiger charge is -2.32. The molecule has 0 saturated carbocycles. The molecule has 0 atom stereocenters. The van der Waals surface area contributed by atoms with Gasteiger partial charge >= 0.3 is 0 Å². The van der Waals surface area contributed by atoms with Crippen molar-refractivity contribution in [2.24, 2.45) is 23.7 Å². The molecule has 30 heavy (non-hydrogen) atoms. The molecule has 1 saturated heterocycles. The van der Waals surface area contributed by atoms with E-state index in [1.54, 1.807) is 13.2 Å². The van der Waals surface area contributed by atoms with Crippen molar-refractivity contribution in [3.8, 4) is 0 Å². The molecule has 0 bridgehead atoms. The molecule has 162 valence electrons. The van der Waals surface area contributed by atoms with Crippen molar-refractivity contribution in [2.75, 3.05) is 32.1 Å². The Morgan fingerprint density at radius 3 is 2.77 bits per heavy atom. The summed E-state index contributed by atoms with van der Waals surface area (Å²) in [5, 5.41) is 4.16. The average molecular weight is 432 g/mol. The minimum absolute atomic E-state index is 0.0370. The monoisotopic (exact) mass is 431 g/mol. The van der Waals surface area contributed by atoms with Gasteiger partial charge in [0, 0.05) is 70.3 Å². The van der Waals surface area contributed by atoms with Gasteiger partial charge in [0.25, 0.3) is 0 Å². The summed E-state index contributed by atoms with van der Waals surface area (Å²) in [6.07, 6.45) is 5.23. The van der Waals surface area contributed by atoms with Crippen LogP contribution < -0.4 is 16.0 Å². The lowest BCUT2D eigenvalue weighted by atomic mass is 9.96. The molecule has 2 aromatic rings. The number of carbonyl (C=O) groups is 1. The molecule has 2 aromatic heterocycles. The predicted octanol–water partition coefficient (Wildman–Crippen LogP) is 1.98. The lowest BCUT2D eigenvalue weighted by molar-refractivity contribution is -0.122. The fourth-order valence-corrected chi connectivity index (χ4v) is 4.10. The van der Waals surface area contributed by atoms with E-state index in [0.717, 1.165) is 54.0 Å². The summed E-state index contributed by atoms with van der Waals surface area (Å²) in [7, 11) is 5.75. The maximum Gasteiger partial charge on any atom is 0.220 e. The van der Waals surface area contributed by atoms with Gasteiger partial charge in [-0.15, -0.1) is 0 Å². The Morgan fingerprint density at radius 2 is 2.17 bits per heavy atom. The number of nitrogens with zero attached hydrogens (tertiary/aromatic N) is 5. The zero-order valence-corrected chi connectivity index (χ0v) is 18.6.